The molecule has 5 aliphatic rings. The molecule has 4 atom stereocenters. The van der Waals surface area contributed by atoms with Gasteiger partial charge in [-0.25, -0.2) is 14.4 Å². The summed E-state index contributed by atoms with van der Waals surface area (Å²) in [4.78, 5) is 28.3. The summed E-state index contributed by atoms with van der Waals surface area (Å²) in [7, 11) is -3.41. The van der Waals surface area contributed by atoms with Crippen molar-refractivity contribution < 1.29 is 36.9 Å². The summed E-state index contributed by atoms with van der Waals surface area (Å²) in [5, 5.41) is 10.9. The molecule has 0 unspecified atom stereocenters. The highest BCUT2D eigenvalue weighted by molar-refractivity contribution is 7.87. The molecule has 0 saturated carbocycles. The largest absolute Gasteiger partial charge is 0.451 e. The van der Waals surface area contributed by atoms with Crippen molar-refractivity contribution in [3.8, 4) is 11.5 Å². The van der Waals surface area contributed by atoms with Crippen molar-refractivity contribution in [3.05, 3.63) is 42.1 Å². The Kier molecular flexibility index (Phi) is 9.58. The number of piperidine rings is 1. The predicted octanol–water partition coefficient (Wildman–Crippen LogP) is 1.97. The van der Waals surface area contributed by atoms with E-state index in [1.54, 1.807) is 13.1 Å². The number of amides is 1. The van der Waals surface area contributed by atoms with Gasteiger partial charge in [0.15, 0.2) is 17.3 Å². The fourth-order valence-corrected chi connectivity index (χ4v) is 9.17. The van der Waals surface area contributed by atoms with Gasteiger partial charge in [0, 0.05) is 44.2 Å². The Hall–Kier alpha value is -2.99. The molecule has 0 aliphatic carbocycles. The summed E-state index contributed by atoms with van der Waals surface area (Å²) < 4.78 is 61.4. The van der Waals surface area contributed by atoms with Gasteiger partial charge in [-0.05, 0) is 77.2 Å². The summed E-state index contributed by atoms with van der Waals surface area (Å²) in [6.07, 6.45) is 7.68. The van der Waals surface area contributed by atoms with Crippen LogP contribution in [0.1, 0.15) is 56.3 Å². The number of aromatic nitrogens is 2. The Morgan fingerprint density at radius 3 is 2.59 bits per heavy atom. The van der Waals surface area contributed by atoms with E-state index in [0.29, 0.717) is 31.3 Å². The molecule has 5 aliphatic heterocycles. The minimum Gasteiger partial charge on any atom is -0.451 e. The lowest BCUT2D eigenvalue weighted by atomic mass is 9.72. The van der Waals surface area contributed by atoms with Crippen LogP contribution in [0, 0.1) is 11.2 Å². The number of halogens is 1. The maximum absolute atomic E-state index is 14.5. The van der Waals surface area contributed by atoms with Crippen molar-refractivity contribution in [3.63, 3.8) is 0 Å². The van der Waals surface area contributed by atoms with E-state index in [2.05, 4.69) is 24.5 Å². The molecule has 2 N–H and O–H groups in total. The van der Waals surface area contributed by atoms with Crippen LogP contribution in [0.25, 0.3) is 0 Å². The molecule has 6 heterocycles. The Balaban J connectivity index is 0.932. The molecule has 1 aromatic heterocycles. The lowest BCUT2D eigenvalue weighted by Gasteiger charge is -2.54. The third-order valence-corrected chi connectivity index (χ3v) is 12.2. The maximum Gasteiger partial charge on any atom is 0.279 e. The number of likely N-dealkylation sites (tertiary alicyclic amines) is 1. The van der Waals surface area contributed by atoms with Gasteiger partial charge in [-0.2, -0.15) is 17.4 Å². The SMILES string of the molecule is C[C@@H]1COC[C@](C)(O)N1C(=O)c1cc(F)ccc1Oc1cncnc1N1CC2(CCN(C[C@@H]3CC[C@@H](NS(=O)(=O)N4CCC4)CO3)CC2)C1. The van der Waals surface area contributed by atoms with Crippen LogP contribution in [0.3, 0.4) is 0 Å². The fraction of sp³-hybridized carbons (Fsp3) is 0.667. The maximum atomic E-state index is 14.5. The van der Waals surface area contributed by atoms with Gasteiger partial charge in [-0.15, -0.1) is 0 Å². The molecule has 5 saturated heterocycles. The number of anilines is 1. The van der Waals surface area contributed by atoms with Gasteiger partial charge in [0.05, 0.1) is 43.7 Å². The van der Waals surface area contributed by atoms with Gasteiger partial charge in [0.25, 0.3) is 16.1 Å². The summed E-state index contributed by atoms with van der Waals surface area (Å²) in [5.74, 6) is -0.0514. The Bertz CT molecular complexity index is 1620. The molecule has 7 rings (SSSR count). The number of ether oxygens (including phenoxy) is 3. The zero-order valence-corrected chi connectivity index (χ0v) is 28.9. The van der Waals surface area contributed by atoms with Gasteiger partial charge in [0.2, 0.25) is 0 Å². The van der Waals surface area contributed by atoms with Gasteiger partial charge in [-0.3, -0.25) is 4.79 Å². The van der Waals surface area contributed by atoms with Crippen molar-refractivity contribution in [2.24, 2.45) is 5.41 Å². The zero-order chi connectivity index (χ0) is 34.4. The topological polar surface area (TPSA) is 150 Å². The minimum absolute atomic E-state index is 0.0123. The van der Waals surface area contributed by atoms with E-state index in [1.165, 1.54) is 34.6 Å². The van der Waals surface area contributed by atoms with Crippen molar-refractivity contribution in [2.75, 3.05) is 70.5 Å². The number of benzene rings is 1. The molecule has 5 fully saturated rings. The van der Waals surface area contributed by atoms with Crippen LogP contribution >= 0.6 is 0 Å². The second-order valence-corrected chi connectivity index (χ2v) is 16.2. The van der Waals surface area contributed by atoms with Crippen LogP contribution in [-0.4, -0.2) is 133 Å². The Morgan fingerprint density at radius 2 is 1.92 bits per heavy atom. The molecule has 14 nitrogen and oxygen atoms in total. The van der Waals surface area contributed by atoms with E-state index in [-0.39, 0.29) is 42.1 Å². The van der Waals surface area contributed by atoms with E-state index in [1.807, 2.05) is 0 Å². The van der Waals surface area contributed by atoms with Crippen LogP contribution in [0.4, 0.5) is 10.2 Å². The molecular weight excluding hydrogens is 657 g/mol. The Morgan fingerprint density at radius 1 is 1.14 bits per heavy atom. The normalized spacial score (nSPS) is 29.3. The van der Waals surface area contributed by atoms with E-state index in [9.17, 15) is 22.7 Å². The van der Waals surface area contributed by atoms with Gasteiger partial charge >= 0.3 is 0 Å². The van der Waals surface area contributed by atoms with Gasteiger partial charge in [-0.1, -0.05) is 0 Å². The molecule has 2 aromatic rings. The van der Waals surface area contributed by atoms with Gasteiger partial charge in [0.1, 0.15) is 17.9 Å². The molecule has 1 amide bonds. The van der Waals surface area contributed by atoms with Crippen molar-refractivity contribution >= 4 is 21.9 Å². The number of morpholine rings is 1. The summed E-state index contributed by atoms with van der Waals surface area (Å²) in [6.45, 7) is 9.39. The molecule has 1 spiro atoms. The second kappa shape index (κ2) is 13.6. The molecular formula is C33H46FN7O7S. The van der Waals surface area contributed by atoms with Crippen LogP contribution in [0.5, 0.6) is 11.5 Å². The van der Waals surface area contributed by atoms with Crippen LogP contribution in [0.15, 0.2) is 30.7 Å². The first-order valence-electron chi connectivity index (χ1n) is 17.2. The average Bonchev–Trinajstić information content (AvgIpc) is 3.01. The van der Waals surface area contributed by atoms with E-state index < -0.39 is 33.7 Å². The first-order chi connectivity index (χ1) is 23.4. The third kappa shape index (κ3) is 7.27. The minimum atomic E-state index is -3.41. The highest BCUT2D eigenvalue weighted by atomic mass is 32.2. The summed E-state index contributed by atoms with van der Waals surface area (Å²) >= 11 is 0. The highest BCUT2D eigenvalue weighted by Gasteiger charge is 2.47. The molecule has 49 heavy (non-hydrogen) atoms. The first-order valence-corrected chi connectivity index (χ1v) is 18.6. The van der Waals surface area contributed by atoms with Gasteiger partial charge < -0.3 is 34.0 Å². The molecule has 0 radical (unpaired) electrons. The first kappa shape index (κ1) is 34.5. The number of nitrogens with zero attached hydrogens (tertiary/aromatic N) is 6. The monoisotopic (exact) mass is 703 g/mol. The van der Waals surface area contributed by atoms with Crippen molar-refractivity contribution in [2.45, 2.75) is 69.9 Å². The standard InChI is InChI=1S/C33H46FN7O7S/c1-23-17-46-21-32(2,43)41(23)31(42)27-14-24(34)4-7-28(27)48-29-15-35-22-36-30(29)39-19-33(20-39)8-12-38(13-9-33)16-26-6-5-25(18-47-26)37-49(44,45)40-10-3-11-40/h4,7,14-15,22-23,25-26,37,43H,3,5-6,8-13,16-21H2,1-2H3/t23-,25-,26+,32+/m1/s1. The smallest absolute Gasteiger partial charge is 0.279 e. The number of carbonyl (C=O) groups is 1. The van der Waals surface area contributed by atoms with E-state index >= 15 is 0 Å². The molecule has 16 heteroatoms. The number of carbonyl (C=O) groups excluding carboxylic acids is 1. The molecule has 1 aromatic carbocycles. The van der Waals surface area contributed by atoms with Crippen LogP contribution in [0.2, 0.25) is 0 Å². The number of hydrogen-bond donors (Lipinski definition) is 2. The second-order valence-electron chi connectivity index (χ2n) is 14.5. The fourth-order valence-electron chi connectivity index (χ4n) is 7.67. The highest BCUT2D eigenvalue weighted by Crippen LogP contribution is 2.45. The summed E-state index contributed by atoms with van der Waals surface area (Å²) in [5.41, 5.74) is -1.42. The average molecular weight is 704 g/mol. The third-order valence-electron chi connectivity index (χ3n) is 10.5. The molecule has 268 valence electrons. The van der Waals surface area contributed by atoms with Crippen molar-refractivity contribution in [1.29, 1.82) is 0 Å². The predicted molar refractivity (Wildman–Crippen MR) is 177 cm³/mol. The molecule has 0 bridgehead atoms. The van der Waals surface area contributed by atoms with Crippen molar-refractivity contribution in [1.82, 2.24) is 28.8 Å². The number of rotatable bonds is 9. The lowest BCUT2D eigenvalue weighted by Crippen LogP contribution is -2.61. The Labute approximate surface area is 286 Å². The van der Waals surface area contributed by atoms with Crippen LogP contribution in [-0.2, 0) is 19.7 Å². The van der Waals surface area contributed by atoms with E-state index in [4.69, 9.17) is 14.2 Å². The van der Waals surface area contributed by atoms with Crippen LogP contribution < -0.4 is 14.4 Å². The summed E-state index contributed by atoms with van der Waals surface area (Å²) in [6, 6.07) is 3.16. The lowest BCUT2D eigenvalue weighted by molar-refractivity contribution is -0.177. The number of nitrogens with one attached hydrogen (secondary N) is 1. The quantitative estimate of drug-likeness (QED) is 0.395. The zero-order valence-electron chi connectivity index (χ0n) is 28.1. The number of hydrogen-bond acceptors (Lipinski definition) is 11. The number of aliphatic hydroxyl groups is 1. The van der Waals surface area contributed by atoms with E-state index in [0.717, 1.165) is 70.9 Å².